The molecule has 0 fully saturated rings. The molecule has 2 heterocycles. The van der Waals surface area contributed by atoms with Crippen LogP contribution in [-0.2, 0) is 12.4 Å². The average Bonchev–Trinajstić information content (AvgIpc) is 3.05. The normalized spacial score (nSPS) is 12.0. The number of fused-ring (bicyclic) bond motifs is 6. The van der Waals surface area contributed by atoms with Crippen LogP contribution < -0.4 is 0 Å². The van der Waals surface area contributed by atoms with Crippen molar-refractivity contribution in [3.63, 3.8) is 0 Å². The average molecular weight is 1080 g/mol. The van der Waals surface area contributed by atoms with Crippen LogP contribution in [0.4, 0.5) is 26.3 Å². The van der Waals surface area contributed by atoms with Crippen molar-refractivity contribution >= 4 is 43.6 Å². The number of aryl methyl sites for hydroxylation is 4. The van der Waals surface area contributed by atoms with E-state index in [0.29, 0.717) is 28.6 Å². The highest BCUT2D eigenvalue weighted by Crippen LogP contribution is 2.47. The third-order valence-corrected chi connectivity index (χ3v) is 15.8. The van der Waals surface area contributed by atoms with Crippen molar-refractivity contribution in [2.45, 2.75) is 40.0 Å². The van der Waals surface area contributed by atoms with Gasteiger partial charge in [-0.05, 0) is 174 Å². The Morgan fingerprint density at radius 2 is 0.732 bits per heavy atom. The minimum absolute atomic E-state index is 0.0162. The molecule has 2 aromatic heterocycles. The fourth-order valence-electron chi connectivity index (χ4n) is 11.9. The van der Waals surface area contributed by atoms with E-state index in [-0.39, 0.29) is 17.2 Å². The van der Waals surface area contributed by atoms with E-state index in [1.165, 1.54) is 6.07 Å². The predicted octanol–water partition coefficient (Wildman–Crippen LogP) is 21.0. The van der Waals surface area contributed by atoms with Gasteiger partial charge in [-0.3, -0.25) is 0 Å². The van der Waals surface area contributed by atoms with Crippen molar-refractivity contribution in [1.82, 2.24) is 9.13 Å². The molecule has 0 N–H and O–H groups in total. The van der Waals surface area contributed by atoms with Crippen molar-refractivity contribution in [1.29, 1.82) is 5.26 Å². The van der Waals surface area contributed by atoms with Gasteiger partial charge in [-0.2, -0.15) is 31.6 Å². The summed E-state index contributed by atoms with van der Waals surface area (Å²) < 4.78 is 92.3. The van der Waals surface area contributed by atoms with Gasteiger partial charge in [0.05, 0.1) is 50.5 Å². The Kier molecular flexibility index (Phi) is 12.4. The molecular weight excluding hydrogens is 1030 g/mol. The van der Waals surface area contributed by atoms with Crippen molar-refractivity contribution < 1.29 is 26.3 Å². The second-order valence-corrected chi connectivity index (χ2v) is 21.4. The number of aromatic nitrogens is 2. The first-order valence-electron chi connectivity index (χ1n) is 26.9. The number of halogens is 6. The van der Waals surface area contributed by atoms with Crippen LogP contribution >= 0.6 is 0 Å². The summed E-state index contributed by atoms with van der Waals surface area (Å²) in [6.07, 6.45) is -10.2. The van der Waals surface area contributed by atoms with Crippen molar-refractivity contribution in [3.8, 4) is 84.2 Å². The number of nitrogens with zero attached hydrogens (tertiary/aromatic N) is 3. The van der Waals surface area contributed by atoms with E-state index < -0.39 is 29.0 Å². The van der Waals surface area contributed by atoms with Gasteiger partial charge >= 0.3 is 12.4 Å². The first-order chi connectivity index (χ1) is 39.5. The summed E-state index contributed by atoms with van der Waals surface area (Å²) in [5.41, 5.74) is 15.0. The van der Waals surface area contributed by atoms with Gasteiger partial charge < -0.3 is 9.13 Å². The number of alkyl halides is 6. The van der Waals surface area contributed by atoms with Crippen LogP contribution in [0.3, 0.4) is 0 Å². The van der Waals surface area contributed by atoms with E-state index in [0.717, 1.165) is 116 Å². The highest BCUT2D eigenvalue weighted by atomic mass is 19.4. The Labute approximate surface area is 469 Å². The summed E-state index contributed by atoms with van der Waals surface area (Å²) in [4.78, 5) is 0. The molecule has 11 aromatic carbocycles. The lowest BCUT2D eigenvalue weighted by Crippen LogP contribution is -2.12. The molecule has 9 heteroatoms. The van der Waals surface area contributed by atoms with Crippen LogP contribution in [0.1, 0.15) is 38.9 Å². The Hall–Kier alpha value is -9.91. The van der Waals surface area contributed by atoms with E-state index in [2.05, 4.69) is 150 Å². The zero-order chi connectivity index (χ0) is 56.8. The molecule has 0 saturated carbocycles. The summed E-state index contributed by atoms with van der Waals surface area (Å²) in [6, 6.07) is 73.1. The summed E-state index contributed by atoms with van der Waals surface area (Å²) in [5.74, 6) is 0. The number of hydrogen-bond donors (Lipinski definition) is 0. The smallest absolute Gasteiger partial charge is 0.309 e. The largest absolute Gasteiger partial charge is 0.417 e. The predicted molar refractivity (Wildman–Crippen MR) is 321 cm³/mol. The maximum absolute atomic E-state index is 15.2. The van der Waals surface area contributed by atoms with Gasteiger partial charge in [0.2, 0.25) is 0 Å². The maximum atomic E-state index is 15.2. The molecule has 0 saturated heterocycles. The molecule has 0 atom stereocenters. The summed E-state index contributed by atoms with van der Waals surface area (Å²) in [5, 5.41) is 15.0. The van der Waals surface area contributed by atoms with E-state index in [1.54, 1.807) is 18.2 Å². The third kappa shape index (κ3) is 9.16. The topological polar surface area (TPSA) is 33.6 Å². The molecule has 3 nitrogen and oxygen atoms in total. The lowest BCUT2D eigenvalue weighted by molar-refractivity contribution is -0.142. The van der Waals surface area contributed by atoms with Gasteiger partial charge in [0.25, 0.3) is 0 Å². The molecule has 0 unspecified atom stereocenters. The Bertz CT molecular complexity index is 4590. The monoisotopic (exact) mass is 1080 g/mol. The zero-order valence-electron chi connectivity index (χ0n) is 45.0. The summed E-state index contributed by atoms with van der Waals surface area (Å²) in [6.45, 7) is 8.23. The van der Waals surface area contributed by atoms with Crippen LogP contribution in [0.2, 0.25) is 0 Å². The Morgan fingerprint density at radius 3 is 1.12 bits per heavy atom. The highest BCUT2D eigenvalue weighted by molar-refractivity contribution is 6.13. The minimum atomic E-state index is -5.15. The van der Waals surface area contributed by atoms with Gasteiger partial charge in [0.15, 0.2) is 0 Å². The van der Waals surface area contributed by atoms with E-state index in [1.807, 2.05) is 74.5 Å². The van der Waals surface area contributed by atoms with Crippen LogP contribution in [-0.4, -0.2) is 9.13 Å². The standard InChI is InChI=1S/C73H49F6N3/c1-43-9-5-13-47(31-43)51-18-26-67-62(35-51)63-36-52(48-14-6-10-44(2)32-48)19-27-68(63)81(67)58-24-17-56(42-80)60(41-58)61-39-55(59-25-23-57(72(74,75)76)40-66(59)73(77,78)79)22-30-69(61)82-70-28-20-53(49-15-7-11-45(3)33-49)37-64(70)65-38-54(21-29-71(65)82)50-16-8-12-46(4)34-50/h5-41H,1-4H3. The van der Waals surface area contributed by atoms with E-state index >= 15 is 13.2 Å². The molecule has 82 heavy (non-hydrogen) atoms. The molecule has 0 bridgehead atoms. The molecule has 0 spiro atoms. The van der Waals surface area contributed by atoms with Crippen LogP contribution in [0, 0.1) is 39.0 Å². The molecule has 398 valence electrons. The number of benzene rings is 11. The zero-order valence-corrected chi connectivity index (χ0v) is 45.0. The highest BCUT2D eigenvalue weighted by Gasteiger charge is 2.39. The molecular formula is C73H49F6N3. The van der Waals surface area contributed by atoms with Crippen molar-refractivity contribution in [3.05, 3.63) is 263 Å². The fourth-order valence-corrected chi connectivity index (χ4v) is 11.9. The summed E-state index contributed by atoms with van der Waals surface area (Å²) in [7, 11) is 0. The molecule has 0 amide bonds. The lowest BCUT2D eigenvalue weighted by atomic mass is 9.91. The van der Waals surface area contributed by atoms with Crippen LogP contribution in [0.15, 0.2) is 224 Å². The lowest BCUT2D eigenvalue weighted by Gasteiger charge is -2.20. The third-order valence-electron chi connectivity index (χ3n) is 15.8. The van der Waals surface area contributed by atoms with E-state index in [9.17, 15) is 18.4 Å². The van der Waals surface area contributed by atoms with Crippen LogP contribution in [0.25, 0.3) is 122 Å². The SMILES string of the molecule is Cc1cccc(-c2ccc3c(c2)c2cc(-c4cccc(C)c4)ccc2n3-c2ccc(C#N)c(-c3cc(-c4ccc(C(F)(F)F)cc4C(F)(F)F)ccc3-n3c4ccc(-c5cccc(C)c5)cc4c4cc(-c5cccc(C)c5)ccc43)c2)c1. The van der Waals surface area contributed by atoms with Gasteiger partial charge in [-0.15, -0.1) is 0 Å². The molecule has 13 aromatic rings. The Morgan fingerprint density at radius 1 is 0.329 bits per heavy atom. The number of rotatable bonds is 8. The molecule has 0 aliphatic rings. The maximum Gasteiger partial charge on any atom is 0.417 e. The summed E-state index contributed by atoms with van der Waals surface area (Å²) >= 11 is 0. The minimum Gasteiger partial charge on any atom is -0.309 e. The number of hydrogen-bond acceptors (Lipinski definition) is 1. The molecule has 13 rings (SSSR count). The first-order valence-corrected chi connectivity index (χ1v) is 26.9. The second-order valence-electron chi connectivity index (χ2n) is 21.4. The molecule has 0 aliphatic heterocycles. The van der Waals surface area contributed by atoms with Gasteiger partial charge in [-0.1, -0.05) is 156 Å². The van der Waals surface area contributed by atoms with E-state index in [4.69, 9.17) is 0 Å². The number of nitriles is 1. The van der Waals surface area contributed by atoms with Gasteiger partial charge in [0, 0.05) is 38.4 Å². The van der Waals surface area contributed by atoms with Gasteiger partial charge in [-0.25, -0.2) is 0 Å². The Balaban J connectivity index is 1.10. The molecule has 0 radical (unpaired) electrons. The first kappa shape index (κ1) is 51.5. The van der Waals surface area contributed by atoms with Crippen molar-refractivity contribution in [2.75, 3.05) is 0 Å². The fraction of sp³-hybridized carbons (Fsp3) is 0.0822. The molecule has 0 aliphatic carbocycles. The quantitative estimate of drug-likeness (QED) is 0.140. The van der Waals surface area contributed by atoms with Crippen molar-refractivity contribution in [2.24, 2.45) is 0 Å². The van der Waals surface area contributed by atoms with Crippen LogP contribution in [0.5, 0.6) is 0 Å². The second kappa shape index (κ2) is 19.7. The van der Waals surface area contributed by atoms with Gasteiger partial charge in [0.1, 0.15) is 0 Å².